The number of hydrogen-bond acceptors (Lipinski definition) is 7. The Morgan fingerprint density at radius 2 is 2.07 bits per heavy atom. The van der Waals surface area contributed by atoms with Crippen molar-refractivity contribution >= 4 is 34.0 Å². The minimum Gasteiger partial charge on any atom is -0.486 e. The highest BCUT2D eigenvalue weighted by molar-refractivity contribution is 7.99. The molecule has 0 aliphatic rings. The predicted molar refractivity (Wildman–Crippen MR) is 114 cm³/mol. The Kier molecular flexibility index (Phi) is 6.90. The Bertz CT molecular complexity index is 1040. The van der Waals surface area contributed by atoms with Crippen molar-refractivity contribution in [2.24, 2.45) is 0 Å². The minimum absolute atomic E-state index is 0.179. The fourth-order valence-electron chi connectivity index (χ4n) is 2.66. The molecule has 150 valence electrons. The molecule has 2 heterocycles. The number of ether oxygens (including phenoxy) is 1. The van der Waals surface area contributed by atoms with Gasteiger partial charge >= 0.3 is 0 Å². The van der Waals surface area contributed by atoms with Crippen LogP contribution >= 0.6 is 23.1 Å². The van der Waals surface area contributed by atoms with E-state index in [2.05, 4.69) is 21.6 Å². The number of carbonyl (C=O) groups is 1. The summed E-state index contributed by atoms with van der Waals surface area (Å²) in [5.74, 6) is 1.47. The number of aryl methyl sites for hydroxylation is 1. The molecule has 3 aromatic rings. The number of amides is 1. The standard InChI is InChI=1S/C20H21N5O2S2/c1-4-25-17(11-27-15-8-6-5-7-9-15)23-24-20(25)28-12-18(26)22-19-16(10-21)13(2)14(3)29-19/h5-9H,4,11-12H2,1-3H3,(H,22,26). The Labute approximate surface area is 177 Å². The zero-order valence-corrected chi connectivity index (χ0v) is 18.1. The molecular weight excluding hydrogens is 406 g/mol. The summed E-state index contributed by atoms with van der Waals surface area (Å²) in [4.78, 5) is 13.4. The average Bonchev–Trinajstić information content (AvgIpc) is 3.25. The zero-order chi connectivity index (χ0) is 20.8. The SMILES string of the molecule is CCn1c(COc2ccccc2)nnc1SCC(=O)Nc1sc(C)c(C)c1C#N. The van der Waals surface area contributed by atoms with E-state index in [-0.39, 0.29) is 11.7 Å². The second-order valence-electron chi connectivity index (χ2n) is 6.18. The van der Waals surface area contributed by atoms with Crippen LogP contribution in [0.15, 0.2) is 35.5 Å². The number of nitrogens with zero attached hydrogens (tertiary/aromatic N) is 4. The topological polar surface area (TPSA) is 92.8 Å². The monoisotopic (exact) mass is 427 g/mol. The number of nitriles is 1. The molecule has 0 bridgehead atoms. The van der Waals surface area contributed by atoms with Gasteiger partial charge in [0.15, 0.2) is 11.0 Å². The first-order valence-corrected chi connectivity index (χ1v) is 10.9. The van der Waals surface area contributed by atoms with E-state index < -0.39 is 0 Å². The van der Waals surface area contributed by atoms with Crippen LogP contribution in [0.3, 0.4) is 0 Å². The fraction of sp³-hybridized carbons (Fsp3) is 0.300. The van der Waals surface area contributed by atoms with E-state index >= 15 is 0 Å². The molecule has 0 spiro atoms. The highest BCUT2D eigenvalue weighted by atomic mass is 32.2. The molecule has 0 atom stereocenters. The first-order valence-electron chi connectivity index (χ1n) is 9.06. The van der Waals surface area contributed by atoms with Crippen LogP contribution in [0.1, 0.15) is 28.8 Å². The van der Waals surface area contributed by atoms with Gasteiger partial charge in [0.2, 0.25) is 5.91 Å². The van der Waals surface area contributed by atoms with E-state index in [0.29, 0.717) is 34.7 Å². The van der Waals surface area contributed by atoms with E-state index in [4.69, 9.17) is 4.74 Å². The minimum atomic E-state index is -0.180. The number of carbonyl (C=O) groups excluding carboxylic acids is 1. The maximum Gasteiger partial charge on any atom is 0.235 e. The normalized spacial score (nSPS) is 10.6. The first kappa shape index (κ1) is 20.9. The lowest BCUT2D eigenvalue weighted by Crippen LogP contribution is -2.15. The molecule has 1 amide bonds. The van der Waals surface area contributed by atoms with Crippen molar-refractivity contribution in [1.82, 2.24) is 14.8 Å². The Balaban J connectivity index is 1.60. The Hall–Kier alpha value is -2.83. The van der Waals surface area contributed by atoms with Crippen LogP contribution in [0, 0.1) is 25.2 Å². The number of anilines is 1. The molecule has 0 saturated heterocycles. The third-order valence-electron chi connectivity index (χ3n) is 4.30. The molecule has 0 unspecified atom stereocenters. The molecule has 1 N–H and O–H groups in total. The number of para-hydroxylation sites is 1. The van der Waals surface area contributed by atoms with Crippen LogP contribution in [0.5, 0.6) is 5.75 Å². The van der Waals surface area contributed by atoms with Gasteiger partial charge in [-0.1, -0.05) is 30.0 Å². The van der Waals surface area contributed by atoms with Gasteiger partial charge in [0.1, 0.15) is 23.4 Å². The van der Waals surface area contributed by atoms with Crippen molar-refractivity contribution in [3.05, 3.63) is 52.2 Å². The second kappa shape index (κ2) is 9.58. The average molecular weight is 428 g/mol. The van der Waals surface area contributed by atoms with E-state index in [1.165, 1.54) is 23.1 Å². The summed E-state index contributed by atoms with van der Waals surface area (Å²) in [6, 6.07) is 11.7. The van der Waals surface area contributed by atoms with Crippen molar-refractivity contribution in [2.45, 2.75) is 39.1 Å². The van der Waals surface area contributed by atoms with Crippen LogP contribution in [-0.4, -0.2) is 26.4 Å². The van der Waals surface area contributed by atoms with Crippen molar-refractivity contribution in [1.29, 1.82) is 5.26 Å². The first-order chi connectivity index (χ1) is 14.0. The van der Waals surface area contributed by atoms with Crippen LogP contribution in [0.25, 0.3) is 0 Å². The van der Waals surface area contributed by atoms with Crippen LogP contribution in [0.4, 0.5) is 5.00 Å². The lowest BCUT2D eigenvalue weighted by Gasteiger charge is -2.09. The molecule has 2 aromatic heterocycles. The van der Waals surface area contributed by atoms with E-state index in [0.717, 1.165) is 16.2 Å². The van der Waals surface area contributed by atoms with E-state index in [1.54, 1.807) is 0 Å². The van der Waals surface area contributed by atoms with Gasteiger partial charge in [-0.3, -0.25) is 4.79 Å². The number of aromatic nitrogens is 3. The molecule has 0 saturated carbocycles. The summed E-state index contributed by atoms with van der Waals surface area (Å²) in [7, 11) is 0. The van der Waals surface area contributed by atoms with Gasteiger partial charge < -0.3 is 14.6 Å². The lowest BCUT2D eigenvalue weighted by molar-refractivity contribution is -0.113. The molecular formula is C20H21N5O2S2. The summed E-state index contributed by atoms with van der Waals surface area (Å²) in [6.07, 6.45) is 0. The molecule has 9 heteroatoms. The van der Waals surface area contributed by atoms with Gasteiger partial charge in [-0.25, -0.2) is 0 Å². The van der Waals surface area contributed by atoms with Gasteiger partial charge in [-0.2, -0.15) is 5.26 Å². The molecule has 7 nitrogen and oxygen atoms in total. The lowest BCUT2D eigenvalue weighted by atomic mass is 10.2. The quantitative estimate of drug-likeness (QED) is 0.543. The number of hydrogen-bond donors (Lipinski definition) is 1. The zero-order valence-electron chi connectivity index (χ0n) is 16.4. The van der Waals surface area contributed by atoms with Crippen LogP contribution in [0.2, 0.25) is 0 Å². The third-order valence-corrected chi connectivity index (χ3v) is 6.39. The van der Waals surface area contributed by atoms with Gasteiger partial charge in [0.05, 0.1) is 11.3 Å². The smallest absolute Gasteiger partial charge is 0.235 e. The summed E-state index contributed by atoms with van der Waals surface area (Å²) in [5.41, 5.74) is 1.44. The summed E-state index contributed by atoms with van der Waals surface area (Å²) in [6.45, 7) is 6.80. The maximum absolute atomic E-state index is 12.4. The Morgan fingerprint density at radius 1 is 1.31 bits per heavy atom. The number of thioether (sulfide) groups is 1. The van der Waals surface area contributed by atoms with Crippen LogP contribution < -0.4 is 10.1 Å². The molecule has 0 fully saturated rings. The van der Waals surface area contributed by atoms with Crippen molar-refractivity contribution in [3.8, 4) is 11.8 Å². The second-order valence-corrected chi connectivity index (χ2v) is 8.35. The van der Waals surface area contributed by atoms with Crippen molar-refractivity contribution in [2.75, 3.05) is 11.1 Å². The summed E-state index contributed by atoms with van der Waals surface area (Å²) in [5, 5.41) is 21.8. The van der Waals surface area contributed by atoms with E-state index in [1.807, 2.05) is 55.7 Å². The number of rotatable bonds is 8. The molecule has 3 rings (SSSR count). The van der Waals surface area contributed by atoms with Gasteiger partial charge in [0, 0.05) is 11.4 Å². The number of nitrogens with one attached hydrogen (secondary N) is 1. The molecule has 0 aliphatic carbocycles. The van der Waals surface area contributed by atoms with Gasteiger partial charge in [-0.05, 0) is 38.5 Å². The molecule has 1 aromatic carbocycles. The van der Waals surface area contributed by atoms with Crippen molar-refractivity contribution < 1.29 is 9.53 Å². The largest absolute Gasteiger partial charge is 0.486 e. The van der Waals surface area contributed by atoms with E-state index in [9.17, 15) is 10.1 Å². The summed E-state index contributed by atoms with van der Waals surface area (Å²) < 4.78 is 7.68. The van der Waals surface area contributed by atoms with Gasteiger partial charge in [-0.15, -0.1) is 21.5 Å². The molecule has 0 aliphatic heterocycles. The van der Waals surface area contributed by atoms with Crippen molar-refractivity contribution in [3.63, 3.8) is 0 Å². The Morgan fingerprint density at radius 3 is 2.76 bits per heavy atom. The highest BCUT2D eigenvalue weighted by Gasteiger charge is 2.17. The maximum atomic E-state index is 12.4. The number of benzene rings is 1. The predicted octanol–water partition coefficient (Wildman–Crippen LogP) is 4.16. The highest BCUT2D eigenvalue weighted by Crippen LogP contribution is 2.31. The number of thiophene rings is 1. The molecule has 0 radical (unpaired) electrons. The van der Waals surface area contributed by atoms with Crippen LogP contribution in [-0.2, 0) is 17.9 Å². The third kappa shape index (κ3) is 4.96. The molecule has 29 heavy (non-hydrogen) atoms. The fourth-order valence-corrected chi connectivity index (χ4v) is 4.51. The van der Waals surface area contributed by atoms with Gasteiger partial charge in [0.25, 0.3) is 0 Å². The summed E-state index contributed by atoms with van der Waals surface area (Å²) >= 11 is 2.73.